The molecule has 0 bridgehead atoms. The number of hydrogen-bond acceptors (Lipinski definition) is 1. The van der Waals surface area contributed by atoms with Gasteiger partial charge in [0, 0.05) is 20.2 Å². The lowest BCUT2D eigenvalue weighted by molar-refractivity contribution is 0.123. The average molecular weight is 425 g/mol. The first-order valence-corrected chi connectivity index (χ1v) is 7.64. The Hall–Kier alpha value is -0.650. The van der Waals surface area contributed by atoms with E-state index >= 15 is 0 Å². The van der Waals surface area contributed by atoms with Gasteiger partial charge in [-0.05, 0) is 40.2 Å². The van der Waals surface area contributed by atoms with E-state index in [9.17, 15) is 8.78 Å². The number of nitrogens with zero attached hydrogens (tertiary/aromatic N) is 1. The minimum absolute atomic E-state index is 0.431. The van der Waals surface area contributed by atoms with Gasteiger partial charge < -0.3 is 4.90 Å². The van der Waals surface area contributed by atoms with E-state index < -0.39 is 13.0 Å². The van der Waals surface area contributed by atoms with Crippen molar-refractivity contribution < 1.29 is 8.78 Å². The molecule has 1 aliphatic heterocycles. The Morgan fingerprint density at radius 2 is 1.95 bits per heavy atom. The van der Waals surface area contributed by atoms with E-state index in [-0.39, 0.29) is 0 Å². The zero-order valence-corrected chi connectivity index (χ0v) is 14.1. The van der Waals surface area contributed by atoms with Crippen LogP contribution in [0.25, 0.3) is 5.70 Å². The van der Waals surface area contributed by atoms with E-state index in [0.29, 0.717) is 26.5 Å². The summed E-state index contributed by atoms with van der Waals surface area (Å²) in [4.78, 5) is 1.46. The van der Waals surface area contributed by atoms with Crippen molar-refractivity contribution in [3.8, 4) is 0 Å². The third kappa shape index (κ3) is 3.32. The lowest BCUT2D eigenvalue weighted by Gasteiger charge is -2.31. The highest BCUT2D eigenvalue weighted by Gasteiger charge is 2.24. The van der Waals surface area contributed by atoms with Gasteiger partial charge in [-0.2, -0.15) is 0 Å². The number of hydrogen-bond donors (Lipinski definition) is 0. The molecule has 0 radical (unpaired) electrons. The van der Waals surface area contributed by atoms with Crippen LogP contribution in [-0.4, -0.2) is 17.9 Å². The topological polar surface area (TPSA) is 3.24 Å². The molecule has 0 spiro atoms. The smallest absolute Gasteiger partial charge is 0.256 e. The van der Waals surface area contributed by atoms with E-state index in [4.69, 9.17) is 11.6 Å². The molecule has 0 atom stereocenters. The highest BCUT2D eigenvalue weighted by atomic mass is 79.9. The molecule has 6 heteroatoms. The van der Waals surface area contributed by atoms with Crippen molar-refractivity contribution in [2.75, 3.05) is 6.54 Å². The third-order valence-corrected chi connectivity index (χ3v) is 4.34. The average Bonchev–Trinajstić information content (AvgIpc) is 2.36. The van der Waals surface area contributed by atoms with Gasteiger partial charge >= 0.3 is 0 Å². The van der Waals surface area contributed by atoms with Gasteiger partial charge in [0.15, 0.2) is 0 Å². The lowest BCUT2D eigenvalue weighted by Crippen LogP contribution is -2.28. The molecule has 0 N–H and O–H groups in total. The van der Waals surface area contributed by atoms with Gasteiger partial charge in [-0.25, -0.2) is 8.78 Å². The van der Waals surface area contributed by atoms with Crippen molar-refractivity contribution in [2.24, 2.45) is 0 Å². The molecular weight excluding hydrogens is 415 g/mol. The van der Waals surface area contributed by atoms with Crippen LogP contribution >= 0.6 is 43.5 Å². The van der Waals surface area contributed by atoms with Gasteiger partial charge in [0.25, 0.3) is 6.43 Å². The van der Waals surface area contributed by atoms with E-state index in [1.807, 2.05) is 6.07 Å². The Labute approximate surface area is 137 Å². The summed E-state index contributed by atoms with van der Waals surface area (Å²) in [5.41, 5.74) is 1.78. The van der Waals surface area contributed by atoms with E-state index in [1.54, 1.807) is 24.3 Å². The first kappa shape index (κ1) is 15.7. The summed E-state index contributed by atoms with van der Waals surface area (Å²) in [7, 11) is 0. The molecule has 1 aromatic rings. The summed E-state index contributed by atoms with van der Waals surface area (Å²) >= 11 is 12.8. The number of benzene rings is 1. The quantitative estimate of drug-likeness (QED) is 0.590. The molecule has 0 amide bonds. The summed E-state index contributed by atoms with van der Waals surface area (Å²) in [6, 6.07) is 5.34. The number of rotatable bonds is 3. The fourth-order valence-electron chi connectivity index (χ4n) is 1.89. The predicted octanol–water partition coefficient (Wildman–Crippen LogP) is 5.82. The molecule has 1 aliphatic rings. The summed E-state index contributed by atoms with van der Waals surface area (Å²) in [5.74, 6) is 0. The summed E-state index contributed by atoms with van der Waals surface area (Å²) in [6.07, 6.45) is 1.05. The van der Waals surface area contributed by atoms with Crippen LogP contribution in [0.1, 0.15) is 5.56 Å². The maximum absolute atomic E-state index is 12.8. The van der Waals surface area contributed by atoms with Gasteiger partial charge in [0.05, 0.1) is 17.3 Å². The highest BCUT2D eigenvalue weighted by Crippen LogP contribution is 2.37. The molecule has 1 aromatic carbocycles. The van der Waals surface area contributed by atoms with Crippen molar-refractivity contribution >= 4 is 49.2 Å². The highest BCUT2D eigenvalue weighted by molar-refractivity contribution is 9.12. The number of halogens is 5. The molecule has 0 aliphatic carbocycles. The summed E-state index contributed by atoms with van der Waals surface area (Å²) in [6.45, 7) is 3.41. The second kappa shape index (κ2) is 6.41. The lowest BCUT2D eigenvalue weighted by atomic mass is 10.1. The Kier molecular flexibility index (Phi) is 5.04. The second-order valence-electron chi connectivity index (χ2n) is 4.14. The van der Waals surface area contributed by atoms with Crippen LogP contribution in [-0.2, 0) is 0 Å². The zero-order valence-electron chi connectivity index (χ0n) is 10.2. The van der Waals surface area contributed by atoms with E-state index in [2.05, 4.69) is 38.4 Å². The fraction of sp³-hybridized carbons (Fsp3) is 0.143. The molecule has 0 aromatic heterocycles. The fourth-order valence-corrected chi connectivity index (χ4v) is 3.01. The van der Waals surface area contributed by atoms with Gasteiger partial charge in [0.2, 0.25) is 0 Å². The molecular formula is C14H10Br2ClF2N. The van der Waals surface area contributed by atoms with Gasteiger partial charge in [0.1, 0.15) is 0 Å². The largest absolute Gasteiger partial charge is 0.335 e. The Bertz CT molecular complexity index is 611. The van der Waals surface area contributed by atoms with Crippen molar-refractivity contribution in [2.45, 2.75) is 6.43 Å². The molecule has 106 valence electrons. The Morgan fingerprint density at radius 3 is 2.55 bits per heavy atom. The normalized spacial score (nSPS) is 15.5. The van der Waals surface area contributed by atoms with Crippen LogP contribution in [0.4, 0.5) is 8.78 Å². The van der Waals surface area contributed by atoms with Crippen molar-refractivity contribution in [3.05, 3.63) is 62.2 Å². The van der Waals surface area contributed by atoms with Crippen LogP contribution in [0.2, 0.25) is 5.02 Å². The molecule has 0 saturated carbocycles. The molecule has 1 nitrogen and oxygen atoms in total. The molecule has 20 heavy (non-hydrogen) atoms. The molecule has 2 rings (SSSR count). The maximum Gasteiger partial charge on any atom is 0.256 e. The zero-order chi connectivity index (χ0) is 14.9. The van der Waals surface area contributed by atoms with E-state index in [0.717, 1.165) is 4.47 Å². The van der Waals surface area contributed by atoms with Crippen LogP contribution in [0.3, 0.4) is 0 Å². The predicted molar refractivity (Wildman–Crippen MR) is 86.0 cm³/mol. The maximum atomic E-state index is 12.8. The molecule has 0 fully saturated rings. The molecule has 0 saturated heterocycles. The van der Waals surface area contributed by atoms with Crippen LogP contribution < -0.4 is 0 Å². The van der Waals surface area contributed by atoms with E-state index in [1.165, 1.54) is 4.90 Å². The Morgan fingerprint density at radius 1 is 1.25 bits per heavy atom. The third-order valence-electron chi connectivity index (χ3n) is 2.81. The number of allylic oxidation sites excluding steroid dienone is 3. The van der Waals surface area contributed by atoms with Crippen molar-refractivity contribution in [1.29, 1.82) is 0 Å². The van der Waals surface area contributed by atoms with Crippen molar-refractivity contribution in [1.82, 2.24) is 4.90 Å². The van der Waals surface area contributed by atoms with Crippen LogP contribution in [0.15, 0.2) is 51.6 Å². The van der Waals surface area contributed by atoms with Gasteiger partial charge in [-0.15, -0.1) is 0 Å². The minimum atomic E-state index is -2.47. The first-order valence-electron chi connectivity index (χ1n) is 5.68. The van der Waals surface area contributed by atoms with Crippen LogP contribution in [0, 0.1) is 0 Å². The van der Waals surface area contributed by atoms with Crippen LogP contribution in [0.5, 0.6) is 0 Å². The molecule has 0 unspecified atom stereocenters. The standard InChI is InChI=1S/C14H10Br2ClF2N/c1-8-11(16)4-5-13(20(8)7-14(18)19)10-3-2-9(15)6-12(10)17/h2-6,14H,1,7H2. The monoisotopic (exact) mass is 423 g/mol. The van der Waals surface area contributed by atoms with Gasteiger partial charge in [-0.1, -0.05) is 40.2 Å². The summed E-state index contributed by atoms with van der Waals surface area (Å²) < 4.78 is 27.1. The first-order chi connectivity index (χ1) is 9.40. The van der Waals surface area contributed by atoms with Crippen molar-refractivity contribution in [3.63, 3.8) is 0 Å². The minimum Gasteiger partial charge on any atom is -0.335 e. The summed E-state index contributed by atoms with van der Waals surface area (Å²) in [5, 5.41) is 0.490. The Balaban J connectivity index is 2.48. The SMILES string of the molecule is C=C1C(Br)=CC=C(c2ccc(Br)cc2Cl)N1CC(F)F. The second-order valence-corrected chi connectivity index (χ2v) is 6.32. The van der Waals surface area contributed by atoms with Gasteiger partial charge in [-0.3, -0.25) is 0 Å². The molecule has 1 heterocycles. The number of alkyl halides is 2.